The van der Waals surface area contributed by atoms with Gasteiger partial charge in [-0.2, -0.15) is 0 Å². The molecule has 0 bridgehead atoms. The highest BCUT2D eigenvalue weighted by Crippen LogP contribution is 2.50. The van der Waals surface area contributed by atoms with Gasteiger partial charge in [0.1, 0.15) is 23.0 Å². The number of ether oxygens (including phenoxy) is 6. The second-order valence-electron chi connectivity index (χ2n) is 14.6. The van der Waals surface area contributed by atoms with Gasteiger partial charge in [-0.15, -0.1) is 0 Å². The van der Waals surface area contributed by atoms with Gasteiger partial charge in [0, 0.05) is 39.0 Å². The fourth-order valence-electron chi connectivity index (χ4n) is 7.16. The first-order valence-electron chi connectivity index (χ1n) is 20.9. The summed E-state index contributed by atoms with van der Waals surface area (Å²) < 4.78 is 32.6. The van der Waals surface area contributed by atoms with Gasteiger partial charge in [-0.3, -0.25) is 28.8 Å². The minimum absolute atomic E-state index is 0.0193. The van der Waals surface area contributed by atoms with Crippen LogP contribution in [0.5, 0.6) is 23.0 Å². The highest BCUT2D eigenvalue weighted by Gasteiger charge is 2.65. The van der Waals surface area contributed by atoms with Crippen molar-refractivity contribution in [1.29, 1.82) is 0 Å². The molecule has 4 aromatic rings. The summed E-state index contributed by atoms with van der Waals surface area (Å²) >= 11 is 0. The van der Waals surface area contributed by atoms with Gasteiger partial charge in [-0.25, -0.2) is 0 Å². The molecule has 1 aliphatic carbocycles. The molecular formula is C48H54N2O12. The van der Waals surface area contributed by atoms with Crippen LogP contribution < -0.4 is 9.47 Å². The molecule has 1 aliphatic rings. The predicted molar refractivity (Wildman–Crippen MR) is 226 cm³/mol. The number of para-hydroxylation sites is 2. The Morgan fingerprint density at radius 3 is 1.10 bits per heavy atom. The average Bonchev–Trinajstić information content (AvgIpc) is 3.27. The molecule has 2 amide bonds. The Bertz CT molecular complexity index is 1940. The van der Waals surface area contributed by atoms with Crippen LogP contribution in [-0.4, -0.2) is 72.2 Å². The van der Waals surface area contributed by atoms with Crippen LogP contribution >= 0.6 is 0 Å². The van der Waals surface area contributed by atoms with Crippen molar-refractivity contribution in [3.8, 4) is 23.0 Å². The number of nitrogens with zero attached hydrogens (tertiary/aromatic N) is 2. The lowest BCUT2D eigenvalue weighted by molar-refractivity contribution is -0.202. The summed E-state index contributed by atoms with van der Waals surface area (Å²) in [6.07, 6.45) is 1.11. The van der Waals surface area contributed by atoms with Crippen LogP contribution in [0.3, 0.4) is 0 Å². The third-order valence-corrected chi connectivity index (χ3v) is 10.2. The molecule has 5 rings (SSSR count). The van der Waals surface area contributed by atoms with Crippen molar-refractivity contribution >= 4 is 35.7 Å². The maximum atomic E-state index is 14.9. The predicted octanol–water partition coefficient (Wildman–Crippen LogP) is 7.83. The van der Waals surface area contributed by atoms with E-state index in [1.54, 1.807) is 47.9 Å². The Morgan fingerprint density at radius 2 is 0.774 bits per heavy atom. The van der Waals surface area contributed by atoms with E-state index in [0.717, 1.165) is 11.1 Å². The zero-order valence-corrected chi connectivity index (χ0v) is 35.6. The quantitative estimate of drug-likeness (QED) is 0.0557. The van der Waals surface area contributed by atoms with Gasteiger partial charge in [0.05, 0.1) is 23.7 Å². The third-order valence-electron chi connectivity index (χ3n) is 10.2. The first kappa shape index (κ1) is 46.4. The van der Waals surface area contributed by atoms with Crippen LogP contribution in [0.4, 0.5) is 0 Å². The van der Waals surface area contributed by atoms with Crippen molar-refractivity contribution in [3.63, 3.8) is 0 Å². The molecule has 0 aliphatic heterocycles. The number of carbonyl (C=O) groups is 6. The fourth-order valence-corrected chi connectivity index (χ4v) is 7.16. The second kappa shape index (κ2) is 23.3. The van der Waals surface area contributed by atoms with E-state index in [-0.39, 0.29) is 39.0 Å². The van der Waals surface area contributed by atoms with E-state index in [1.807, 2.05) is 98.8 Å². The Hall–Kier alpha value is -6.70. The lowest BCUT2D eigenvalue weighted by atomic mass is 9.55. The average molecular weight is 851 g/mol. The molecule has 0 saturated heterocycles. The zero-order chi connectivity index (χ0) is 44.4. The minimum Gasteiger partial charge on any atom is -0.457 e. The number of carbonyl (C=O) groups excluding carboxylic acids is 6. The normalized spacial score (nSPS) is 16.5. The van der Waals surface area contributed by atoms with Crippen molar-refractivity contribution in [2.75, 3.05) is 26.7 Å². The Morgan fingerprint density at radius 1 is 0.435 bits per heavy atom. The van der Waals surface area contributed by atoms with E-state index >= 15 is 0 Å². The van der Waals surface area contributed by atoms with E-state index < -0.39 is 72.9 Å². The zero-order valence-electron chi connectivity index (χ0n) is 35.6. The summed E-state index contributed by atoms with van der Waals surface area (Å²) in [5, 5.41) is 0. The fraction of sp³-hybridized carbons (Fsp3) is 0.375. The largest absolute Gasteiger partial charge is 0.457 e. The molecular weight excluding hydrogens is 797 g/mol. The Balaban J connectivity index is 1.46. The molecule has 0 spiro atoms. The van der Waals surface area contributed by atoms with Crippen molar-refractivity contribution in [1.82, 2.24) is 9.80 Å². The number of hydrogen-bond acceptors (Lipinski definition) is 12. The number of amides is 2. The van der Waals surface area contributed by atoms with Crippen LogP contribution in [0.1, 0.15) is 64.5 Å². The smallest absolute Gasteiger partial charge is 0.313 e. The van der Waals surface area contributed by atoms with Crippen LogP contribution in [0.15, 0.2) is 109 Å². The minimum atomic E-state index is -1.51. The Kier molecular flexibility index (Phi) is 17.5. The molecule has 14 nitrogen and oxygen atoms in total. The van der Waals surface area contributed by atoms with Gasteiger partial charge in [-0.1, -0.05) is 88.4 Å². The van der Waals surface area contributed by atoms with Gasteiger partial charge in [-0.05, 0) is 72.5 Å². The molecule has 4 aromatic carbocycles. The maximum absolute atomic E-state index is 14.9. The lowest BCUT2D eigenvalue weighted by Gasteiger charge is -2.49. The summed E-state index contributed by atoms with van der Waals surface area (Å²) in [7, 11) is 0. The number of hydrogen-bond donors (Lipinski definition) is 0. The van der Waals surface area contributed by atoms with Crippen molar-refractivity contribution in [2.45, 2.75) is 66.5 Å². The van der Waals surface area contributed by atoms with Crippen LogP contribution in [0, 0.1) is 23.7 Å². The molecule has 0 heterocycles. The monoisotopic (exact) mass is 850 g/mol. The molecule has 14 heteroatoms. The topological polar surface area (TPSA) is 164 Å². The highest BCUT2D eigenvalue weighted by molar-refractivity contribution is 6.00. The van der Waals surface area contributed by atoms with Crippen molar-refractivity contribution < 1.29 is 57.2 Å². The first-order valence-corrected chi connectivity index (χ1v) is 20.9. The van der Waals surface area contributed by atoms with Crippen LogP contribution in [0.2, 0.25) is 0 Å². The standard InChI is InChI=1S/C48H54N2O12/c1-5-27-49(29-33-19-23-37(24-20-33)61-35-15-11-9-12-16-35)45(53)41-42(44(48(56)60-32-58-40(52)8-4)43(41)47(55)59-31-57-39(51)7-3)46(54)50(28-6-2)30-34-21-25-38(26-22-34)62-36-17-13-10-14-18-36/h9-26,41-44H,5-8,27-32H2,1-4H3. The molecule has 1 fully saturated rings. The van der Waals surface area contributed by atoms with Crippen molar-refractivity contribution in [3.05, 3.63) is 120 Å². The number of rotatable bonds is 22. The highest BCUT2D eigenvalue weighted by atomic mass is 16.7. The molecule has 62 heavy (non-hydrogen) atoms. The second-order valence-corrected chi connectivity index (χ2v) is 14.6. The molecule has 0 N–H and O–H groups in total. The lowest BCUT2D eigenvalue weighted by Crippen LogP contribution is -2.64. The summed E-state index contributed by atoms with van der Waals surface area (Å²) in [6, 6.07) is 33.0. The van der Waals surface area contributed by atoms with Gasteiger partial charge in [0.15, 0.2) is 0 Å². The molecule has 328 valence electrons. The summed E-state index contributed by atoms with van der Waals surface area (Å²) in [4.78, 5) is 84.7. The van der Waals surface area contributed by atoms with E-state index in [0.29, 0.717) is 35.8 Å². The molecule has 4 unspecified atom stereocenters. The summed E-state index contributed by atoms with van der Waals surface area (Å²) in [5.74, 6) is -7.70. The Labute approximate surface area is 362 Å². The van der Waals surface area contributed by atoms with Gasteiger partial charge in [0.2, 0.25) is 25.4 Å². The summed E-state index contributed by atoms with van der Waals surface area (Å²) in [6.45, 7) is 6.14. The van der Waals surface area contributed by atoms with Gasteiger partial charge < -0.3 is 38.2 Å². The molecule has 4 atom stereocenters. The van der Waals surface area contributed by atoms with Gasteiger partial charge >= 0.3 is 23.9 Å². The number of esters is 4. The van der Waals surface area contributed by atoms with Crippen LogP contribution in [-0.2, 0) is 60.8 Å². The van der Waals surface area contributed by atoms with Crippen molar-refractivity contribution in [2.24, 2.45) is 23.7 Å². The van der Waals surface area contributed by atoms with E-state index in [1.165, 1.54) is 0 Å². The van der Waals surface area contributed by atoms with Crippen LogP contribution in [0.25, 0.3) is 0 Å². The first-order chi connectivity index (χ1) is 30.1. The maximum Gasteiger partial charge on any atom is 0.313 e. The van der Waals surface area contributed by atoms with E-state index in [2.05, 4.69) is 0 Å². The van der Waals surface area contributed by atoms with E-state index in [4.69, 9.17) is 28.4 Å². The summed E-state index contributed by atoms with van der Waals surface area (Å²) in [5.41, 5.74) is 1.50. The van der Waals surface area contributed by atoms with E-state index in [9.17, 15) is 28.8 Å². The number of benzene rings is 4. The van der Waals surface area contributed by atoms with Gasteiger partial charge in [0.25, 0.3) is 0 Å². The SMILES string of the molecule is CCCN(Cc1ccc(Oc2ccccc2)cc1)C(=O)C1C(C(=O)OCOC(=O)CC)C(C(=O)OCOC(=O)CC)C1C(=O)N(CCC)Cc1ccc(Oc2ccccc2)cc1. The molecule has 0 aromatic heterocycles. The molecule has 1 saturated carbocycles. The molecule has 0 radical (unpaired) electrons. The third kappa shape index (κ3) is 12.7.